The highest BCUT2D eigenvalue weighted by atomic mass is 19.1. The quantitative estimate of drug-likeness (QED) is 0.821. The minimum absolute atomic E-state index is 0.000716. The van der Waals surface area contributed by atoms with Crippen molar-refractivity contribution in [1.29, 1.82) is 0 Å². The topological polar surface area (TPSA) is 84.4 Å². The first-order valence-corrected chi connectivity index (χ1v) is 6.39. The van der Waals surface area contributed by atoms with Gasteiger partial charge in [0.05, 0.1) is 17.9 Å². The van der Waals surface area contributed by atoms with E-state index in [0.29, 0.717) is 12.2 Å². The minimum Gasteiger partial charge on any atom is -0.396 e. The molecule has 0 spiro atoms. The third-order valence-corrected chi connectivity index (χ3v) is 2.80. The summed E-state index contributed by atoms with van der Waals surface area (Å²) < 4.78 is 18.0. The maximum Gasteiger partial charge on any atom is 0.238 e. The van der Waals surface area contributed by atoms with Crippen LogP contribution in [0.3, 0.4) is 0 Å². The van der Waals surface area contributed by atoms with Crippen LogP contribution in [0.4, 0.5) is 15.8 Å². The normalized spacial score (nSPS) is 10.9. The number of carbonyl (C=O) groups excluding carboxylic acids is 1. The van der Waals surface area contributed by atoms with Crippen molar-refractivity contribution in [3.63, 3.8) is 0 Å². The number of nitrogens with one attached hydrogen (secondary N) is 1. The second-order valence-electron chi connectivity index (χ2n) is 4.89. The first kappa shape index (κ1) is 15.0. The summed E-state index contributed by atoms with van der Waals surface area (Å²) in [6.07, 6.45) is 0. The Morgan fingerprint density at radius 3 is 2.86 bits per heavy atom. The van der Waals surface area contributed by atoms with E-state index in [9.17, 15) is 9.18 Å². The Balaban J connectivity index is 1.87. The lowest BCUT2D eigenvalue weighted by atomic mass is 10.2. The summed E-state index contributed by atoms with van der Waals surface area (Å²) >= 11 is 0. The minimum atomic E-state index is -0.508. The average Bonchev–Trinajstić information content (AvgIpc) is 2.79. The second kappa shape index (κ2) is 6.36. The molecule has 6 nitrogen and oxygen atoms in total. The van der Waals surface area contributed by atoms with Crippen molar-refractivity contribution in [3.05, 3.63) is 41.5 Å². The van der Waals surface area contributed by atoms with Crippen LogP contribution in [0.15, 0.2) is 28.8 Å². The molecule has 112 valence electrons. The number of nitrogens with two attached hydrogens (primary N) is 1. The van der Waals surface area contributed by atoms with Crippen LogP contribution in [0.1, 0.15) is 11.5 Å². The molecule has 1 amide bonds. The highest BCUT2D eigenvalue weighted by Gasteiger charge is 2.10. The summed E-state index contributed by atoms with van der Waals surface area (Å²) in [6.45, 7) is 2.47. The highest BCUT2D eigenvalue weighted by molar-refractivity contribution is 5.92. The summed E-state index contributed by atoms with van der Waals surface area (Å²) in [5.74, 6) is -0.000108. The molecule has 0 unspecified atom stereocenters. The van der Waals surface area contributed by atoms with Crippen LogP contribution >= 0.6 is 0 Å². The van der Waals surface area contributed by atoms with Gasteiger partial charge in [-0.1, -0.05) is 5.16 Å². The lowest BCUT2D eigenvalue weighted by Gasteiger charge is -2.14. The molecule has 0 aliphatic heterocycles. The maximum atomic E-state index is 13.0. The molecule has 0 aliphatic carbocycles. The van der Waals surface area contributed by atoms with Gasteiger partial charge >= 0.3 is 0 Å². The van der Waals surface area contributed by atoms with Crippen LogP contribution < -0.4 is 11.1 Å². The van der Waals surface area contributed by atoms with Gasteiger partial charge in [-0.2, -0.15) is 0 Å². The number of hydrogen-bond acceptors (Lipinski definition) is 5. The van der Waals surface area contributed by atoms with Crippen LogP contribution in [0, 0.1) is 12.7 Å². The second-order valence-corrected chi connectivity index (χ2v) is 4.89. The molecule has 0 aliphatic rings. The number of halogens is 1. The summed E-state index contributed by atoms with van der Waals surface area (Å²) in [5, 5.41) is 6.52. The molecule has 1 heterocycles. The summed E-state index contributed by atoms with van der Waals surface area (Å²) in [5.41, 5.74) is 6.67. The molecule has 0 saturated carbocycles. The lowest BCUT2D eigenvalue weighted by Crippen LogP contribution is -2.29. The van der Waals surface area contributed by atoms with Gasteiger partial charge in [-0.05, 0) is 32.2 Å². The van der Waals surface area contributed by atoms with Gasteiger partial charge in [-0.3, -0.25) is 9.69 Å². The monoisotopic (exact) mass is 292 g/mol. The predicted molar refractivity (Wildman–Crippen MR) is 77.0 cm³/mol. The van der Waals surface area contributed by atoms with Crippen LogP contribution in [0.5, 0.6) is 0 Å². The van der Waals surface area contributed by atoms with Crippen molar-refractivity contribution in [1.82, 2.24) is 10.1 Å². The summed E-state index contributed by atoms with van der Waals surface area (Å²) in [6, 6.07) is 5.88. The molecule has 2 rings (SSSR count). The molecule has 0 bridgehead atoms. The Kier molecular flexibility index (Phi) is 4.54. The first-order valence-electron chi connectivity index (χ1n) is 6.39. The molecular formula is C14H17FN4O2. The van der Waals surface area contributed by atoms with Crippen molar-refractivity contribution < 1.29 is 13.7 Å². The van der Waals surface area contributed by atoms with Crippen molar-refractivity contribution in [3.8, 4) is 0 Å². The molecule has 2 aromatic rings. The van der Waals surface area contributed by atoms with E-state index in [4.69, 9.17) is 10.3 Å². The van der Waals surface area contributed by atoms with Crippen molar-refractivity contribution >= 4 is 17.3 Å². The van der Waals surface area contributed by atoms with Crippen LogP contribution in [0.25, 0.3) is 0 Å². The van der Waals surface area contributed by atoms with Crippen molar-refractivity contribution in [2.75, 3.05) is 24.6 Å². The number of carbonyl (C=O) groups is 1. The fourth-order valence-corrected chi connectivity index (χ4v) is 1.89. The molecule has 0 fully saturated rings. The SMILES string of the molecule is Cc1cc(CN(C)CC(=O)Nc2ccc(F)c(N)c2)no1. The van der Waals surface area contributed by atoms with Crippen LogP contribution in [-0.2, 0) is 11.3 Å². The number of rotatable bonds is 5. The van der Waals surface area contributed by atoms with Crippen LogP contribution in [0.2, 0.25) is 0 Å². The summed E-state index contributed by atoms with van der Waals surface area (Å²) in [4.78, 5) is 13.7. The number of aromatic nitrogens is 1. The predicted octanol–water partition coefficient (Wildman–Crippen LogP) is 1.77. The lowest BCUT2D eigenvalue weighted by molar-refractivity contribution is -0.117. The average molecular weight is 292 g/mol. The standard InChI is InChI=1S/C14H17FN4O2/c1-9-5-11(18-21-9)7-19(2)8-14(20)17-10-3-4-12(15)13(16)6-10/h3-6H,7-8,16H2,1-2H3,(H,17,20). The molecule has 3 N–H and O–H groups in total. The smallest absolute Gasteiger partial charge is 0.238 e. The Labute approximate surface area is 121 Å². The zero-order chi connectivity index (χ0) is 15.4. The highest BCUT2D eigenvalue weighted by Crippen LogP contribution is 2.16. The number of hydrogen-bond donors (Lipinski definition) is 2. The van der Waals surface area contributed by atoms with E-state index in [1.54, 1.807) is 11.9 Å². The van der Waals surface area contributed by atoms with Gasteiger partial charge in [0.2, 0.25) is 5.91 Å². The number of likely N-dealkylation sites (N-methyl/N-ethyl adjacent to an activating group) is 1. The van der Waals surface area contributed by atoms with Gasteiger partial charge in [0.1, 0.15) is 11.6 Å². The Morgan fingerprint density at radius 2 is 2.24 bits per heavy atom. The van der Waals surface area contributed by atoms with Gasteiger partial charge < -0.3 is 15.6 Å². The van der Waals surface area contributed by atoms with E-state index in [-0.39, 0.29) is 18.1 Å². The van der Waals surface area contributed by atoms with Gasteiger partial charge in [0, 0.05) is 18.3 Å². The van der Waals surface area contributed by atoms with E-state index in [1.807, 2.05) is 13.0 Å². The van der Waals surface area contributed by atoms with E-state index in [0.717, 1.165) is 11.5 Å². The third kappa shape index (κ3) is 4.28. The fraction of sp³-hybridized carbons (Fsp3) is 0.286. The van der Waals surface area contributed by atoms with Crippen LogP contribution in [-0.4, -0.2) is 29.6 Å². The molecule has 0 radical (unpaired) electrons. The van der Waals surface area contributed by atoms with E-state index >= 15 is 0 Å². The molecule has 0 atom stereocenters. The van der Waals surface area contributed by atoms with Gasteiger partial charge in [0.25, 0.3) is 0 Å². The molecule has 1 aromatic heterocycles. The van der Waals surface area contributed by atoms with E-state index in [2.05, 4.69) is 10.5 Å². The van der Waals surface area contributed by atoms with E-state index < -0.39 is 5.82 Å². The Bertz CT molecular complexity index is 642. The number of aryl methyl sites for hydroxylation is 1. The van der Waals surface area contributed by atoms with E-state index in [1.165, 1.54) is 18.2 Å². The van der Waals surface area contributed by atoms with Gasteiger partial charge in [0.15, 0.2) is 0 Å². The van der Waals surface area contributed by atoms with Gasteiger partial charge in [-0.15, -0.1) is 0 Å². The molecule has 7 heteroatoms. The molecule has 21 heavy (non-hydrogen) atoms. The summed E-state index contributed by atoms with van der Waals surface area (Å²) in [7, 11) is 1.79. The number of nitrogen functional groups attached to an aromatic ring is 1. The zero-order valence-electron chi connectivity index (χ0n) is 11.9. The molecule has 0 saturated heterocycles. The fourth-order valence-electron chi connectivity index (χ4n) is 1.89. The Hall–Kier alpha value is -2.41. The number of nitrogens with zero attached hydrogens (tertiary/aromatic N) is 2. The van der Waals surface area contributed by atoms with Crippen molar-refractivity contribution in [2.45, 2.75) is 13.5 Å². The third-order valence-electron chi connectivity index (χ3n) is 2.80. The first-order chi connectivity index (χ1) is 9.94. The maximum absolute atomic E-state index is 13.0. The Morgan fingerprint density at radius 1 is 1.48 bits per heavy atom. The molecule has 1 aromatic carbocycles. The van der Waals surface area contributed by atoms with Gasteiger partial charge in [-0.25, -0.2) is 4.39 Å². The zero-order valence-corrected chi connectivity index (χ0v) is 11.9. The number of amides is 1. The van der Waals surface area contributed by atoms with Crippen molar-refractivity contribution in [2.24, 2.45) is 0 Å². The number of anilines is 2. The largest absolute Gasteiger partial charge is 0.396 e. The molecular weight excluding hydrogens is 275 g/mol. The number of benzene rings is 1.